The second-order valence-electron chi connectivity index (χ2n) is 5.23. The normalized spacial score (nSPS) is 17.0. The molecule has 0 saturated carbocycles. The maximum absolute atomic E-state index is 12.2. The van der Waals surface area contributed by atoms with E-state index < -0.39 is 12.7 Å². The van der Waals surface area contributed by atoms with Gasteiger partial charge in [0.25, 0.3) is 0 Å². The van der Waals surface area contributed by atoms with E-state index in [9.17, 15) is 13.2 Å². The molecular formula is C13H27F3IN5O. The third-order valence-electron chi connectivity index (χ3n) is 3.28. The fourth-order valence-corrected chi connectivity index (χ4v) is 2.13. The molecule has 0 aliphatic carbocycles. The summed E-state index contributed by atoms with van der Waals surface area (Å²) in [7, 11) is 3.09. The number of rotatable bonds is 7. The Balaban J connectivity index is 0.00000484. The van der Waals surface area contributed by atoms with Gasteiger partial charge in [0.1, 0.15) is 0 Å². The van der Waals surface area contributed by atoms with E-state index >= 15 is 0 Å². The summed E-state index contributed by atoms with van der Waals surface area (Å²) in [5.74, 6) is 0.605. The summed E-state index contributed by atoms with van der Waals surface area (Å²) < 4.78 is 41.8. The topological polar surface area (TPSA) is 52.1 Å². The van der Waals surface area contributed by atoms with E-state index in [1.807, 2.05) is 0 Å². The molecule has 1 rings (SSSR count). The standard InChI is InChI=1S/C13H26F3N5O.HI/c1-17-12(18-3-5-20(2)11-13(14,15)16)19-4-6-21-7-9-22-10-8-21;/h3-11H2,1-2H3,(H2,17,18,19);1H. The van der Waals surface area contributed by atoms with Crippen LogP contribution in [-0.2, 0) is 4.74 Å². The van der Waals surface area contributed by atoms with Crippen LogP contribution in [0.1, 0.15) is 0 Å². The van der Waals surface area contributed by atoms with Crippen LogP contribution in [0.3, 0.4) is 0 Å². The van der Waals surface area contributed by atoms with Crippen molar-refractivity contribution in [3.8, 4) is 0 Å². The first-order valence-corrected chi connectivity index (χ1v) is 7.40. The number of alkyl halides is 3. The first kappa shape index (κ1) is 22.7. The van der Waals surface area contributed by atoms with Gasteiger partial charge in [-0.25, -0.2) is 0 Å². The first-order valence-electron chi connectivity index (χ1n) is 7.40. The molecule has 1 aliphatic rings. The molecule has 10 heteroatoms. The molecule has 0 aromatic heterocycles. The highest BCUT2D eigenvalue weighted by atomic mass is 127. The summed E-state index contributed by atoms with van der Waals surface area (Å²) >= 11 is 0. The van der Waals surface area contributed by atoms with Crippen LogP contribution in [-0.4, -0.2) is 95.1 Å². The van der Waals surface area contributed by atoms with Gasteiger partial charge in [-0.15, -0.1) is 24.0 Å². The summed E-state index contributed by atoms with van der Waals surface area (Å²) in [5, 5.41) is 6.16. The van der Waals surface area contributed by atoms with Crippen molar-refractivity contribution in [2.24, 2.45) is 4.99 Å². The van der Waals surface area contributed by atoms with Crippen LogP contribution >= 0.6 is 24.0 Å². The highest BCUT2D eigenvalue weighted by Gasteiger charge is 2.28. The van der Waals surface area contributed by atoms with E-state index in [0.717, 1.165) is 39.4 Å². The maximum atomic E-state index is 12.2. The molecule has 6 nitrogen and oxygen atoms in total. The van der Waals surface area contributed by atoms with Gasteiger partial charge in [-0.2, -0.15) is 13.2 Å². The van der Waals surface area contributed by atoms with E-state index in [0.29, 0.717) is 19.0 Å². The molecule has 0 bridgehead atoms. The molecule has 1 aliphatic heterocycles. The Hall–Kier alpha value is -0.330. The van der Waals surface area contributed by atoms with E-state index in [1.54, 1.807) is 7.05 Å². The summed E-state index contributed by atoms with van der Waals surface area (Å²) in [6, 6.07) is 0. The van der Waals surface area contributed by atoms with Gasteiger partial charge in [-0.1, -0.05) is 0 Å². The van der Waals surface area contributed by atoms with Crippen molar-refractivity contribution in [1.82, 2.24) is 20.4 Å². The lowest BCUT2D eigenvalue weighted by atomic mass is 10.4. The van der Waals surface area contributed by atoms with Crippen LogP contribution in [0.15, 0.2) is 4.99 Å². The Bertz CT molecular complexity index is 338. The largest absolute Gasteiger partial charge is 0.401 e. The smallest absolute Gasteiger partial charge is 0.379 e. The number of halogens is 4. The van der Waals surface area contributed by atoms with E-state index in [1.165, 1.54) is 11.9 Å². The molecule has 2 N–H and O–H groups in total. The molecule has 0 amide bonds. The van der Waals surface area contributed by atoms with Crippen molar-refractivity contribution in [1.29, 1.82) is 0 Å². The molecule has 138 valence electrons. The number of guanidine groups is 1. The van der Waals surface area contributed by atoms with E-state index in [2.05, 4.69) is 20.5 Å². The third-order valence-corrected chi connectivity index (χ3v) is 3.28. The third kappa shape index (κ3) is 11.8. The first-order chi connectivity index (χ1) is 10.4. The molecule has 0 spiro atoms. The zero-order valence-corrected chi connectivity index (χ0v) is 16.0. The van der Waals surface area contributed by atoms with Crippen LogP contribution in [0.5, 0.6) is 0 Å². The number of morpholine rings is 1. The van der Waals surface area contributed by atoms with Gasteiger partial charge in [0.05, 0.1) is 19.8 Å². The second kappa shape index (κ2) is 12.1. The Morgan fingerprint density at radius 2 is 1.83 bits per heavy atom. The summed E-state index contributed by atoms with van der Waals surface area (Å²) in [5.41, 5.74) is 0. The molecule has 0 aromatic rings. The molecular weight excluding hydrogens is 426 g/mol. The molecule has 1 heterocycles. The van der Waals surface area contributed by atoms with E-state index in [4.69, 9.17) is 4.74 Å². The molecule has 0 aromatic carbocycles. The zero-order chi connectivity index (χ0) is 16.4. The van der Waals surface area contributed by atoms with Crippen LogP contribution in [0.25, 0.3) is 0 Å². The van der Waals surface area contributed by atoms with Crippen molar-refractivity contribution in [3.05, 3.63) is 0 Å². The maximum Gasteiger partial charge on any atom is 0.401 e. The highest BCUT2D eigenvalue weighted by molar-refractivity contribution is 14.0. The number of aliphatic imine (C=N–C) groups is 1. The van der Waals surface area contributed by atoms with Crippen LogP contribution in [0, 0.1) is 0 Å². The van der Waals surface area contributed by atoms with Crippen molar-refractivity contribution in [3.63, 3.8) is 0 Å². The summed E-state index contributed by atoms with van der Waals surface area (Å²) in [6.45, 7) is 4.80. The highest BCUT2D eigenvalue weighted by Crippen LogP contribution is 2.14. The minimum Gasteiger partial charge on any atom is -0.379 e. The van der Waals surface area contributed by atoms with Gasteiger partial charge in [0.2, 0.25) is 0 Å². The predicted molar refractivity (Wildman–Crippen MR) is 95.6 cm³/mol. The minimum absolute atomic E-state index is 0. The number of hydrogen-bond donors (Lipinski definition) is 2. The Morgan fingerprint density at radius 1 is 1.22 bits per heavy atom. The van der Waals surface area contributed by atoms with Crippen molar-refractivity contribution in [2.75, 3.05) is 73.1 Å². The molecule has 23 heavy (non-hydrogen) atoms. The van der Waals surface area contributed by atoms with Gasteiger partial charge >= 0.3 is 6.18 Å². The summed E-state index contributed by atoms with van der Waals surface area (Å²) in [4.78, 5) is 7.58. The number of likely N-dealkylation sites (N-methyl/N-ethyl adjacent to an activating group) is 1. The molecule has 0 unspecified atom stereocenters. The Morgan fingerprint density at radius 3 is 2.39 bits per heavy atom. The minimum atomic E-state index is -4.16. The Kier molecular flexibility index (Phi) is 11.9. The number of ether oxygens (including phenoxy) is 1. The zero-order valence-electron chi connectivity index (χ0n) is 13.7. The van der Waals surface area contributed by atoms with Gasteiger partial charge in [0.15, 0.2) is 5.96 Å². The number of nitrogens with one attached hydrogen (secondary N) is 2. The fraction of sp³-hybridized carbons (Fsp3) is 0.923. The van der Waals surface area contributed by atoms with Gasteiger partial charge in [-0.05, 0) is 7.05 Å². The average molecular weight is 453 g/mol. The number of nitrogens with zero attached hydrogens (tertiary/aromatic N) is 3. The van der Waals surface area contributed by atoms with Gasteiger partial charge < -0.3 is 15.4 Å². The van der Waals surface area contributed by atoms with Crippen molar-refractivity contribution < 1.29 is 17.9 Å². The van der Waals surface area contributed by atoms with Gasteiger partial charge in [-0.3, -0.25) is 14.8 Å². The average Bonchev–Trinajstić information content (AvgIpc) is 2.45. The lowest BCUT2D eigenvalue weighted by Gasteiger charge is -2.26. The lowest BCUT2D eigenvalue weighted by molar-refractivity contribution is -0.142. The molecule has 0 atom stereocenters. The van der Waals surface area contributed by atoms with Crippen LogP contribution in [0.2, 0.25) is 0 Å². The SMILES string of the molecule is CN=C(NCCN(C)CC(F)(F)F)NCCN1CCOCC1.I. The fourth-order valence-electron chi connectivity index (χ4n) is 2.13. The predicted octanol–water partition coefficient (Wildman–Crippen LogP) is 0.596. The van der Waals surface area contributed by atoms with E-state index in [-0.39, 0.29) is 24.0 Å². The molecule has 1 saturated heterocycles. The van der Waals surface area contributed by atoms with Crippen molar-refractivity contribution in [2.45, 2.75) is 6.18 Å². The van der Waals surface area contributed by atoms with Crippen LogP contribution in [0.4, 0.5) is 13.2 Å². The second-order valence-corrected chi connectivity index (χ2v) is 5.23. The molecule has 0 radical (unpaired) electrons. The van der Waals surface area contributed by atoms with Crippen molar-refractivity contribution >= 4 is 29.9 Å². The molecule has 1 fully saturated rings. The van der Waals surface area contributed by atoms with Crippen LogP contribution < -0.4 is 10.6 Å². The summed E-state index contributed by atoms with van der Waals surface area (Å²) in [6.07, 6.45) is -4.16. The van der Waals surface area contributed by atoms with Gasteiger partial charge in [0, 0.05) is 46.3 Å². The quantitative estimate of drug-likeness (QED) is 0.336. The number of hydrogen-bond acceptors (Lipinski definition) is 4. The lowest BCUT2D eigenvalue weighted by Crippen LogP contribution is -2.46. The monoisotopic (exact) mass is 453 g/mol. The Labute approximate surface area is 152 Å².